The Bertz CT molecular complexity index is 1190. The maximum atomic E-state index is 13.4. The highest BCUT2D eigenvalue weighted by atomic mass is 35.5. The zero-order valence-corrected chi connectivity index (χ0v) is 20.8. The number of hydrogen-bond acceptors (Lipinski definition) is 5. The van der Waals surface area contributed by atoms with Crippen LogP contribution in [0.4, 0.5) is 5.82 Å². The number of hydrogen-bond donors (Lipinski definition) is 2. The van der Waals surface area contributed by atoms with Crippen molar-refractivity contribution in [1.29, 1.82) is 0 Å². The topological polar surface area (TPSA) is 69.6 Å². The van der Waals surface area contributed by atoms with Gasteiger partial charge < -0.3 is 10.6 Å². The Morgan fingerprint density at radius 2 is 1.89 bits per heavy atom. The number of pyridine rings is 1. The molecule has 7 heteroatoms. The molecule has 0 aliphatic heterocycles. The number of aromatic nitrogens is 1. The van der Waals surface area contributed by atoms with Crippen LogP contribution in [0.25, 0.3) is 5.57 Å². The minimum atomic E-state index is -0.503. The highest BCUT2D eigenvalue weighted by Crippen LogP contribution is 2.48. The third-order valence-corrected chi connectivity index (χ3v) is 6.68. The van der Waals surface area contributed by atoms with Gasteiger partial charge in [-0.25, -0.2) is 4.98 Å². The first kappa shape index (κ1) is 24.6. The second kappa shape index (κ2) is 10.8. The van der Waals surface area contributed by atoms with Crippen LogP contribution in [0.5, 0.6) is 0 Å². The number of nitrogens with one attached hydrogen (secondary N) is 2. The normalized spacial score (nSPS) is 15.2. The van der Waals surface area contributed by atoms with Gasteiger partial charge in [0.05, 0.1) is 0 Å². The van der Waals surface area contributed by atoms with Crippen LogP contribution >= 0.6 is 11.6 Å². The van der Waals surface area contributed by atoms with Crippen molar-refractivity contribution in [3.05, 3.63) is 101 Å². The number of carbonyl (C=O) groups is 1. The maximum absolute atomic E-state index is 13.4. The molecule has 180 valence electrons. The zero-order valence-electron chi connectivity index (χ0n) is 20.0. The molecule has 6 nitrogen and oxygen atoms in total. The van der Waals surface area contributed by atoms with Crippen molar-refractivity contribution in [2.45, 2.75) is 31.2 Å². The van der Waals surface area contributed by atoms with E-state index in [9.17, 15) is 4.79 Å². The quantitative estimate of drug-likeness (QED) is 0.286. The van der Waals surface area contributed by atoms with Gasteiger partial charge in [0.15, 0.2) is 0 Å². The number of allylic oxidation sites excluding steroid dienone is 1. The summed E-state index contributed by atoms with van der Waals surface area (Å²) in [6, 6.07) is 21.0. The number of anilines is 1. The van der Waals surface area contributed by atoms with Gasteiger partial charge in [-0.05, 0) is 66.3 Å². The summed E-state index contributed by atoms with van der Waals surface area (Å²) in [4.78, 5) is 17.8. The lowest BCUT2D eigenvalue weighted by Gasteiger charge is -2.23. The van der Waals surface area contributed by atoms with Gasteiger partial charge in [-0.15, -0.1) is 0 Å². The van der Waals surface area contributed by atoms with Gasteiger partial charge >= 0.3 is 0 Å². The van der Waals surface area contributed by atoms with Crippen LogP contribution < -0.4 is 10.6 Å². The van der Waals surface area contributed by atoms with E-state index in [0.717, 1.165) is 34.6 Å². The van der Waals surface area contributed by atoms with Crippen LogP contribution in [-0.2, 0) is 10.2 Å². The largest absolute Gasteiger partial charge is 0.309 e. The Balaban J connectivity index is 1.47. The molecule has 0 bridgehead atoms. The highest BCUT2D eigenvalue weighted by molar-refractivity contribution is 6.30. The monoisotopic (exact) mass is 487 g/mol. The summed E-state index contributed by atoms with van der Waals surface area (Å²) >= 11 is 6.08. The van der Waals surface area contributed by atoms with Crippen molar-refractivity contribution in [1.82, 2.24) is 15.3 Å². The zero-order chi connectivity index (χ0) is 24.8. The summed E-state index contributed by atoms with van der Waals surface area (Å²) in [7, 11) is 1.81. The smallest absolute Gasteiger partial charge is 0.247 e. The molecule has 1 aliphatic carbocycles. The average Bonchev–Trinajstić information content (AvgIpc) is 3.66. The summed E-state index contributed by atoms with van der Waals surface area (Å²) in [5.41, 5.74) is 4.13. The number of carbonyl (C=O) groups excluding carboxylic acids is 1. The predicted octanol–water partition coefficient (Wildman–Crippen LogP) is 5.64. The van der Waals surface area contributed by atoms with E-state index in [2.05, 4.69) is 39.6 Å². The van der Waals surface area contributed by atoms with E-state index in [0.29, 0.717) is 12.4 Å². The fourth-order valence-electron chi connectivity index (χ4n) is 4.12. The molecule has 35 heavy (non-hydrogen) atoms. The first-order chi connectivity index (χ1) is 16.9. The lowest BCUT2D eigenvalue weighted by Crippen LogP contribution is -2.37. The molecule has 1 fully saturated rings. The molecule has 1 unspecified atom stereocenters. The first-order valence-corrected chi connectivity index (χ1v) is 12.0. The Morgan fingerprint density at radius 3 is 2.49 bits per heavy atom. The van der Waals surface area contributed by atoms with Crippen molar-refractivity contribution in [2.24, 2.45) is 5.10 Å². The number of rotatable bonds is 10. The van der Waals surface area contributed by atoms with Crippen LogP contribution in [0.1, 0.15) is 42.5 Å². The van der Waals surface area contributed by atoms with Gasteiger partial charge in [0.1, 0.15) is 11.9 Å². The molecule has 1 atom stereocenters. The second-order valence-electron chi connectivity index (χ2n) is 8.96. The summed E-state index contributed by atoms with van der Waals surface area (Å²) in [6.07, 6.45) is 5.77. The number of halogens is 1. The van der Waals surface area contributed by atoms with Crippen molar-refractivity contribution in [3.63, 3.8) is 0 Å². The van der Waals surface area contributed by atoms with E-state index in [1.165, 1.54) is 5.56 Å². The van der Waals surface area contributed by atoms with Crippen LogP contribution in [0.3, 0.4) is 0 Å². The fourth-order valence-corrected chi connectivity index (χ4v) is 4.25. The second-order valence-corrected chi connectivity index (χ2v) is 9.40. The Kier molecular flexibility index (Phi) is 7.63. The van der Waals surface area contributed by atoms with Crippen LogP contribution in [0.2, 0.25) is 5.02 Å². The van der Waals surface area contributed by atoms with Crippen LogP contribution in [0, 0.1) is 0 Å². The molecule has 1 saturated carbocycles. The van der Waals surface area contributed by atoms with E-state index in [1.54, 1.807) is 11.2 Å². The SMILES string of the molecule is C=NN(C)/C=C(\C)c1ccc(NC(=O)C(NCC2(c3ccc(Cl)cc3)CC2)c2ccccc2)nc1. The highest BCUT2D eigenvalue weighted by Gasteiger charge is 2.44. The molecular weight excluding hydrogens is 458 g/mol. The lowest BCUT2D eigenvalue weighted by molar-refractivity contribution is -0.118. The van der Waals surface area contributed by atoms with Gasteiger partial charge in [0.2, 0.25) is 5.91 Å². The summed E-state index contributed by atoms with van der Waals surface area (Å²) in [5.74, 6) is 0.356. The minimum Gasteiger partial charge on any atom is -0.309 e. The van der Waals surface area contributed by atoms with E-state index in [4.69, 9.17) is 11.6 Å². The number of benzene rings is 2. The van der Waals surface area contributed by atoms with Crippen molar-refractivity contribution >= 4 is 35.6 Å². The Morgan fingerprint density at radius 1 is 1.17 bits per heavy atom. The fraction of sp³-hybridized carbons (Fsp3) is 0.250. The van der Waals surface area contributed by atoms with E-state index in [1.807, 2.05) is 74.8 Å². The first-order valence-electron chi connectivity index (χ1n) is 11.6. The van der Waals surface area contributed by atoms with Gasteiger partial charge in [0.25, 0.3) is 0 Å². The maximum Gasteiger partial charge on any atom is 0.247 e. The minimum absolute atomic E-state index is 0.0368. The number of hydrazone groups is 1. The van der Waals surface area contributed by atoms with Crippen molar-refractivity contribution < 1.29 is 4.79 Å². The van der Waals surface area contributed by atoms with Crippen molar-refractivity contribution in [3.8, 4) is 0 Å². The van der Waals surface area contributed by atoms with E-state index in [-0.39, 0.29) is 11.3 Å². The van der Waals surface area contributed by atoms with Gasteiger partial charge in [-0.1, -0.05) is 54.1 Å². The molecule has 0 spiro atoms. The third-order valence-electron chi connectivity index (χ3n) is 6.42. The predicted molar refractivity (Wildman–Crippen MR) is 143 cm³/mol. The molecular formula is C28H30ClN5O. The molecule has 1 heterocycles. The molecule has 1 aromatic heterocycles. The molecule has 4 rings (SSSR count). The molecule has 1 aliphatic rings. The van der Waals surface area contributed by atoms with Crippen LogP contribution in [0.15, 0.2) is 84.2 Å². The Labute approximate surface area is 211 Å². The van der Waals surface area contributed by atoms with E-state index < -0.39 is 6.04 Å². The molecule has 0 saturated heterocycles. The van der Waals surface area contributed by atoms with Crippen LogP contribution in [-0.4, -0.2) is 36.2 Å². The third kappa shape index (κ3) is 6.15. The van der Waals surface area contributed by atoms with E-state index >= 15 is 0 Å². The molecule has 1 amide bonds. The van der Waals surface area contributed by atoms with Gasteiger partial charge in [-0.3, -0.25) is 9.80 Å². The standard InChI is InChI=1S/C28H30ClN5O/c1-20(18-34(3)30-2)22-9-14-25(31-17-22)33-27(35)26(21-7-5-4-6-8-21)32-19-28(15-16-28)23-10-12-24(29)13-11-23/h4-14,17-18,26,32H,2,15-16,19H2,1,3H3,(H,31,33,35)/b20-18+. The molecule has 2 N–H and O–H groups in total. The summed E-state index contributed by atoms with van der Waals surface area (Å²) in [5, 5.41) is 12.7. The number of amides is 1. The van der Waals surface area contributed by atoms with Gasteiger partial charge in [0, 0.05) is 43.1 Å². The average molecular weight is 488 g/mol. The molecule has 3 aromatic rings. The molecule has 0 radical (unpaired) electrons. The lowest BCUT2D eigenvalue weighted by atomic mass is 9.95. The summed E-state index contributed by atoms with van der Waals surface area (Å²) in [6.45, 7) is 6.18. The summed E-state index contributed by atoms with van der Waals surface area (Å²) < 4.78 is 0. The van der Waals surface area contributed by atoms with Crippen molar-refractivity contribution in [2.75, 3.05) is 18.9 Å². The Hall–Kier alpha value is -3.48. The van der Waals surface area contributed by atoms with Gasteiger partial charge in [-0.2, -0.15) is 5.10 Å². The number of nitrogens with zero attached hydrogens (tertiary/aromatic N) is 3. The molecule has 2 aromatic carbocycles.